The SMILES string of the molecule is N=C(N)c1ccc(O)c(N2CCNCC2C(C(=O)Nc2ccc(-c3ccccc3S(N)(=O)=O)cc2)C2CCCCC2)c1. The zero-order chi connectivity index (χ0) is 29.9. The minimum absolute atomic E-state index is 0.0427. The predicted molar refractivity (Wildman–Crippen MR) is 165 cm³/mol. The highest BCUT2D eigenvalue weighted by Gasteiger charge is 2.41. The first-order chi connectivity index (χ1) is 20.1. The third-order valence-corrected chi connectivity index (χ3v) is 9.38. The maximum Gasteiger partial charge on any atom is 0.238 e. The molecule has 0 radical (unpaired) electrons. The number of benzene rings is 3. The molecule has 42 heavy (non-hydrogen) atoms. The summed E-state index contributed by atoms with van der Waals surface area (Å²) in [6, 6.07) is 18.3. The van der Waals surface area contributed by atoms with Crippen molar-refractivity contribution in [3.8, 4) is 16.9 Å². The van der Waals surface area contributed by atoms with Gasteiger partial charge >= 0.3 is 0 Å². The fourth-order valence-electron chi connectivity index (χ4n) is 6.37. The number of primary sulfonamides is 1. The van der Waals surface area contributed by atoms with E-state index in [1.165, 1.54) is 6.07 Å². The first-order valence-electron chi connectivity index (χ1n) is 14.3. The number of piperazine rings is 1. The number of phenolic OH excluding ortho intramolecular Hbond substituents is 1. The summed E-state index contributed by atoms with van der Waals surface area (Å²) >= 11 is 0. The van der Waals surface area contributed by atoms with Crippen molar-refractivity contribution < 1.29 is 18.3 Å². The molecule has 10 nitrogen and oxygen atoms in total. The van der Waals surface area contributed by atoms with Crippen molar-refractivity contribution in [2.45, 2.75) is 43.0 Å². The molecule has 0 bridgehead atoms. The quantitative estimate of drug-likeness (QED) is 0.172. The summed E-state index contributed by atoms with van der Waals surface area (Å²) in [5.41, 5.74) is 8.61. The van der Waals surface area contributed by atoms with Crippen LogP contribution in [0.1, 0.15) is 37.7 Å². The molecule has 8 N–H and O–H groups in total. The summed E-state index contributed by atoms with van der Waals surface area (Å²) in [5, 5.41) is 30.7. The van der Waals surface area contributed by atoms with E-state index >= 15 is 0 Å². The summed E-state index contributed by atoms with van der Waals surface area (Å²) in [6.45, 7) is 1.86. The predicted octanol–water partition coefficient (Wildman–Crippen LogP) is 3.60. The van der Waals surface area contributed by atoms with Crippen molar-refractivity contribution >= 4 is 33.1 Å². The van der Waals surface area contributed by atoms with Gasteiger partial charge in [-0.1, -0.05) is 49.6 Å². The standard InChI is InChI=1S/C31H38N6O4S/c32-30(33)22-12-15-27(38)25(18-22)37-17-16-35-19-26(37)29(21-6-2-1-3-7-21)31(39)36-23-13-10-20(11-14-23)24-8-4-5-9-28(24)42(34,40)41/h4-5,8-15,18,21,26,29,35,38H,1-3,6-7,16-17,19H2,(H3,32,33)(H,36,39)(H2,34,40,41). The van der Waals surface area contributed by atoms with E-state index in [0.717, 1.165) is 32.1 Å². The van der Waals surface area contributed by atoms with Crippen molar-refractivity contribution in [1.29, 1.82) is 5.41 Å². The van der Waals surface area contributed by atoms with E-state index in [2.05, 4.69) is 15.5 Å². The number of rotatable bonds is 8. The van der Waals surface area contributed by atoms with Gasteiger partial charge in [0.15, 0.2) is 0 Å². The van der Waals surface area contributed by atoms with Gasteiger partial charge in [-0.15, -0.1) is 0 Å². The number of nitrogens with one attached hydrogen (secondary N) is 3. The topological polar surface area (TPSA) is 175 Å². The molecule has 2 atom stereocenters. The summed E-state index contributed by atoms with van der Waals surface area (Å²) in [4.78, 5) is 16.2. The number of nitrogen functional groups attached to an aromatic ring is 1. The molecular formula is C31H38N6O4S. The molecule has 1 heterocycles. The van der Waals surface area contributed by atoms with Gasteiger partial charge in [0, 0.05) is 36.4 Å². The Morgan fingerprint density at radius 3 is 2.45 bits per heavy atom. The summed E-state index contributed by atoms with van der Waals surface area (Å²) < 4.78 is 24.2. The van der Waals surface area contributed by atoms with E-state index in [1.807, 2.05) is 0 Å². The third-order valence-electron chi connectivity index (χ3n) is 8.41. The Kier molecular flexibility index (Phi) is 8.81. The van der Waals surface area contributed by atoms with Crippen molar-refractivity contribution in [2.24, 2.45) is 22.7 Å². The zero-order valence-corrected chi connectivity index (χ0v) is 24.2. The van der Waals surface area contributed by atoms with Crippen LogP contribution in [-0.2, 0) is 14.8 Å². The van der Waals surface area contributed by atoms with Crippen LogP contribution in [0.5, 0.6) is 5.75 Å². The molecule has 2 aliphatic rings. The fraction of sp³-hybridized carbons (Fsp3) is 0.355. The number of anilines is 2. The average molecular weight is 591 g/mol. The van der Waals surface area contributed by atoms with Gasteiger partial charge in [0.1, 0.15) is 11.6 Å². The Morgan fingerprint density at radius 2 is 1.76 bits per heavy atom. The summed E-state index contributed by atoms with van der Waals surface area (Å²) in [5.74, 6) is -0.281. The molecule has 2 unspecified atom stereocenters. The molecule has 1 aliphatic carbocycles. The lowest BCUT2D eigenvalue weighted by atomic mass is 9.75. The molecule has 3 aromatic rings. The molecule has 5 rings (SSSR count). The minimum Gasteiger partial charge on any atom is -0.506 e. The molecular weight excluding hydrogens is 552 g/mol. The number of aromatic hydroxyl groups is 1. The lowest BCUT2D eigenvalue weighted by Crippen LogP contribution is -2.58. The number of nitrogens with two attached hydrogens (primary N) is 2. The highest BCUT2D eigenvalue weighted by atomic mass is 32.2. The average Bonchev–Trinajstić information content (AvgIpc) is 2.98. The Hall–Kier alpha value is -3.93. The van der Waals surface area contributed by atoms with Gasteiger partial charge < -0.3 is 26.4 Å². The van der Waals surface area contributed by atoms with E-state index in [9.17, 15) is 18.3 Å². The maximum atomic E-state index is 14.1. The van der Waals surface area contributed by atoms with Crippen LogP contribution in [0.4, 0.5) is 11.4 Å². The van der Waals surface area contributed by atoms with Gasteiger partial charge in [-0.3, -0.25) is 10.2 Å². The Morgan fingerprint density at radius 1 is 1.05 bits per heavy atom. The summed E-state index contributed by atoms with van der Waals surface area (Å²) in [6.07, 6.45) is 5.19. The van der Waals surface area contributed by atoms with Crippen LogP contribution >= 0.6 is 0 Å². The largest absolute Gasteiger partial charge is 0.506 e. The highest BCUT2D eigenvalue weighted by molar-refractivity contribution is 7.89. The van der Waals surface area contributed by atoms with Crippen LogP contribution in [0.2, 0.25) is 0 Å². The van der Waals surface area contributed by atoms with E-state index < -0.39 is 10.0 Å². The molecule has 222 valence electrons. The number of sulfonamides is 1. The number of carbonyl (C=O) groups excluding carboxylic acids is 1. The molecule has 1 saturated carbocycles. The normalized spacial score (nSPS) is 18.8. The number of amides is 1. The Balaban J connectivity index is 1.44. The first kappa shape index (κ1) is 29.6. The monoisotopic (exact) mass is 590 g/mol. The van der Waals surface area contributed by atoms with Crippen LogP contribution in [0.3, 0.4) is 0 Å². The van der Waals surface area contributed by atoms with Gasteiger partial charge in [-0.05, 0) is 60.7 Å². The number of amidine groups is 1. The number of phenols is 1. The fourth-order valence-corrected chi connectivity index (χ4v) is 7.14. The van der Waals surface area contributed by atoms with Crippen LogP contribution in [0.15, 0.2) is 71.6 Å². The smallest absolute Gasteiger partial charge is 0.238 e. The molecule has 0 aromatic heterocycles. The third kappa shape index (κ3) is 6.43. The van der Waals surface area contributed by atoms with E-state index in [-0.39, 0.29) is 40.3 Å². The number of nitrogens with zero attached hydrogens (tertiary/aromatic N) is 1. The van der Waals surface area contributed by atoms with E-state index in [1.54, 1.807) is 60.7 Å². The van der Waals surface area contributed by atoms with Crippen molar-refractivity contribution in [1.82, 2.24) is 5.32 Å². The lowest BCUT2D eigenvalue weighted by Gasteiger charge is -2.45. The molecule has 0 spiro atoms. The molecule has 2 fully saturated rings. The van der Waals surface area contributed by atoms with Gasteiger partial charge in [0.25, 0.3) is 0 Å². The van der Waals surface area contributed by atoms with Gasteiger partial charge in [0.2, 0.25) is 15.9 Å². The lowest BCUT2D eigenvalue weighted by molar-refractivity contribution is -0.122. The van der Waals surface area contributed by atoms with Gasteiger partial charge in [-0.25, -0.2) is 13.6 Å². The minimum atomic E-state index is -3.90. The zero-order valence-electron chi connectivity index (χ0n) is 23.4. The van der Waals surface area contributed by atoms with Gasteiger partial charge in [-0.2, -0.15) is 0 Å². The van der Waals surface area contributed by atoms with Crippen LogP contribution in [0, 0.1) is 17.2 Å². The van der Waals surface area contributed by atoms with Gasteiger partial charge in [0.05, 0.1) is 22.5 Å². The molecule has 1 aliphatic heterocycles. The highest BCUT2D eigenvalue weighted by Crippen LogP contribution is 2.39. The first-order valence-corrected chi connectivity index (χ1v) is 15.9. The molecule has 1 amide bonds. The second-order valence-electron chi connectivity index (χ2n) is 11.1. The van der Waals surface area contributed by atoms with E-state index in [4.69, 9.17) is 16.3 Å². The maximum absolute atomic E-state index is 14.1. The number of carbonyl (C=O) groups is 1. The summed E-state index contributed by atoms with van der Waals surface area (Å²) in [7, 11) is -3.90. The molecule has 11 heteroatoms. The van der Waals surface area contributed by atoms with E-state index in [0.29, 0.717) is 47.7 Å². The molecule has 3 aromatic carbocycles. The number of hydrogen-bond acceptors (Lipinski definition) is 7. The second-order valence-corrected chi connectivity index (χ2v) is 12.6. The van der Waals surface area contributed by atoms with Crippen LogP contribution in [-0.4, -0.2) is 50.9 Å². The van der Waals surface area contributed by atoms with Crippen molar-refractivity contribution in [3.05, 3.63) is 72.3 Å². The second kappa shape index (κ2) is 12.5. The van der Waals surface area contributed by atoms with Crippen molar-refractivity contribution in [3.63, 3.8) is 0 Å². The Bertz CT molecular complexity index is 1550. The van der Waals surface area contributed by atoms with Crippen LogP contribution < -0.4 is 26.4 Å². The van der Waals surface area contributed by atoms with Crippen molar-refractivity contribution in [2.75, 3.05) is 29.9 Å². The molecule has 1 saturated heterocycles. The van der Waals surface area contributed by atoms with Crippen LogP contribution in [0.25, 0.3) is 11.1 Å². The number of hydrogen-bond donors (Lipinski definition) is 6. The Labute approximate surface area is 246 Å².